The normalized spacial score (nSPS) is 12.1. The van der Waals surface area contributed by atoms with E-state index in [2.05, 4.69) is 240 Å². The summed E-state index contributed by atoms with van der Waals surface area (Å²) >= 11 is 0. The van der Waals surface area contributed by atoms with Gasteiger partial charge in [0.25, 0.3) is 0 Å². The molecule has 0 aliphatic rings. The lowest BCUT2D eigenvalue weighted by Gasteiger charge is -2.26. The Morgan fingerprint density at radius 1 is 0.275 bits per heavy atom. The minimum Gasteiger partial charge on any atom is -0.455 e. The monoisotopic (exact) mass is 876 g/mol. The van der Waals surface area contributed by atoms with Gasteiger partial charge in [0.1, 0.15) is 11.2 Å². The molecule has 69 heavy (non-hydrogen) atoms. The molecule has 0 bridgehead atoms. The van der Waals surface area contributed by atoms with Crippen LogP contribution in [0, 0.1) is 0 Å². The highest BCUT2D eigenvalue weighted by Gasteiger charge is 2.20. The average Bonchev–Trinajstić information content (AvgIpc) is 4.09. The average molecular weight is 877 g/mol. The molecule has 0 N–H and O–H groups in total. The predicted octanol–water partition coefficient (Wildman–Crippen LogP) is 18.7. The summed E-state index contributed by atoms with van der Waals surface area (Å²) in [4.78, 5) is 2.37. The van der Waals surface area contributed by atoms with Crippen molar-refractivity contribution in [3.63, 3.8) is 0 Å². The largest absolute Gasteiger partial charge is 0.455 e. The van der Waals surface area contributed by atoms with Gasteiger partial charge in [-0.2, -0.15) is 0 Å². The second-order valence-electron chi connectivity index (χ2n) is 18.4. The Morgan fingerprint density at radius 2 is 0.696 bits per heavy atom. The topological polar surface area (TPSA) is 20.8 Å². The first kappa shape index (κ1) is 38.0. The van der Waals surface area contributed by atoms with Crippen molar-refractivity contribution in [1.29, 1.82) is 0 Å². The molecule has 0 amide bonds. The van der Waals surface area contributed by atoms with E-state index in [1.54, 1.807) is 0 Å². The Labute approximate surface area is 397 Å². The van der Waals surface area contributed by atoms with Crippen LogP contribution in [0.3, 0.4) is 0 Å². The molecule has 3 heterocycles. The smallest absolute Gasteiger partial charge is 0.143 e. The van der Waals surface area contributed by atoms with Crippen LogP contribution < -0.4 is 4.90 Å². The highest BCUT2D eigenvalue weighted by molar-refractivity contribution is 6.26. The molecule has 12 aromatic carbocycles. The second kappa shape index (κ2) is 14.7. The minimum absolute atomic E-state index is 0.903. The van der Waals surface area contributed by atoms with Crippen LogP contribution in [0.4, 0.5) is 17.1 Å². The van der Waals surface area contributed by atoms with E-state index in [4.69, 9.17) is 4.42 Å². The molecule has 3 heteroatoms. The molecule has 0 atom stereocenters. The van der Waals surface area contributed by atoms with Gasteiger partial charge in [0.05, 0.1) is 16.6 Å². The molecule has 15 rings (SSSR count). The lowest BCUT2D eigenvalue weighted by molar-refractivity contribution is 0.670. The van der Waals surface area contributed by atoms with Crippen molar-refractivity contribution in [2.45, 2.75) is 0 Å². The number of rotatable bonds is 6. The third-order valence-corrected chi connectivity index (χ3v) is 14.7. The van der Waals surface area contributed by atoms with Crippen LogP contribution in [0.5, 0.6) is 0 Å². The van der Waals surface area contributed by atoms with Crippen molar-refractivity contribution in [2.75, 3.05) is 4.90 Å². The van der Waals surface area contributed by atoms with Gasteiger partial charge in [0.15, 0.2) is 0 Å². The Morgan fingerprint density at radius 3 is 1.28 bits per heavy atom. The molecule has 0 spiro atoms. The van der Waals surface area contributed by atoms with Gasteiger partial charge in [0.2, 0.25) is 0 Å². The zero-order valence-electron chi connectivity index (χ0n) is 37.4. The van der Waals surface area contributed by atoms with Crippen LogP contribution in [0.25, 0.3) is 126 Å². The third-order valence-electron chi connectivity index (χ3n) is 14.7. The maximum atomic E-state index is 6.48. The standard InChI is InChI=1S/C66H40N2O/c1-2-14-52-50(12-1)51-13-3-4-15-53(51)59-38-44(30-37-54(52)59)41-24-31-46(32-25-41)67(48-35-28-43(29-36-48)49-19-11-20-58-57-18-7-10-23-64(57)69-66(49)58)47-33-26-42(27-34-47)45-39-60-55-16-5-8-21-62(55)68-63-22-9-6-17-56(63)61(40-45)65(60)68/h1-40H. The van der Waals surface area contributed by atoms with E-state index in [0.717, 1.165) is 50.1 Å². The van der Waals surface area contributed by atoms with Gasteiger partial charge < -0.3 is 13.7 Å². The number of aromatic nitrogens is 1. The van der Waals surface area contributed by atoms with Crippen LogP contribution in [-0.2, 0) is 0 Å². The summed E-state index contributed by atoms with van der Waals surface area (Å²) in [7, 11) is 0. The molecular weight excluding hydrogens is 837 g/mol. The zero-order chi connectivity index (χ0) is 45.2. The number of anilines is 3. The van der Waals surface area contributed by atoms with Gasteiger partial charge in [-0.25, -0.2) is 0 Å². The summed E-state index contributed by atoms with van der Waals surface area (Å²) < 4.78 is 8.92. The first-order chi connectivity index (χ1) is 34.2. The molecule has 0 radical (unpaired) electrons. The van der Waals surface area contributed by atoms with Gasteiger partial charge in [-0.3, -0.25) is 0 Å². The van der Waals surface area contributed by atoms with Gasteiger partial charge >= 0.3 is 0 Å². The van der Waals surface area contributed by atoms with Gasteiger partial charge in [-0.05, 0) is 133 Å². The van der Waals surface area contributed by atoms with Crippen molar-refractivity contribution in [3.8, 4) is 33.4 Å². The molecule has 0 fully saturated rings. The van der Waals surface area contributed by atoms with Crippen molar-refractivity contribution < 1.29 is 4.42 Å². The summed E-state index contributed by atoms with van der Waals surface area (Å²) in [6.07, 6.45) is 0. The maximum absolute atomic E-state index is 6.48. The highest BCUT2D eigenvalue weighted by atomic mass is 16.3. The van der Waals surface area contributed by atoms with E-state index in [1.165, 1.54) is 92.7 Å². The number of benzene rings is 12. The molecule has 0 aliphatic carbocycles. The van der Waals surface area contributed by atoms with E-state index >= 15 is 0 Å². The quantitative estimate of drug-likeness (QED) is 0.155. The van der Waals surface area contributed by atoms with E-state index < -0.39 is 0 Å². The summed E-state index contributed by atoms with van der Waals surface area (Å²) in [6, 6.07) is 88.7. The summed E-state index contributed by atoms with van der Waals surface area (Å²) in [5, 5.41) is 15.1. The van der Waals surface area contributed by atoms with E-state index in [0.29, 0.717) is 0 Å². The Kier molecular flexibility index (Phi) is 8.07. The zero-order valence-corrected chi connectivity index (χ0v) is 37.4. The van der Waals surface area contributed by atoms with Gasteiger partial charge in [0, 0.05) is 54.9 Å². The van der Waals surface area contributed by atoms with Crippen LogP contribution in [0.1, 0.15) is 0 Å². The van der Waals surface area contributed by atoms with Crippen molar-refractivity contribution in [3.05, 3.63) is 243 Å². The molecule has 15 aromatic rings. The SMILES string of the molecule is c1ccc2c(c1)oc1c(-c3ccc(N(c4ccc(-c5ccc6c7ccccc7c7ccccc7c6c5)cc4)c4ccc(-c5cc6c7ccccc7n7c8ccccc8c(c5)c67)cc4)cc3)cccc12. The molecule has 0 unspecified atom stereocenters. The third kappa shape index (κ3) is 5.68. The van der Waals surface area contributed by atoms with Crippen molar-refractivity contribution in [2.24, 2.45) is 0 Å². The number of fused-ring (bicyclic) bond motifs is 15. The van der Waals surface area contributed by atoms with E-state index in [9.17, 15) is 0 Å². The van der Waals surface area contributed by atoms with Crippen molar-refractivity contribution in [1.82, 2.24) is 4.40 Å². The fourth-order valence-electron chi connectivity index (χ4n) is 11.5. The molecule has 0 saturated carbocycles. The number of nitrogens with zero attached hydrogens (tertiary/aromatic N) is 2. The van der Waals surface area contributed by atoms with E-state index in [1.807, 2.05) is 12.1 Å². The Hall–Kier alpha value is -9.18. The molecule has 3 aromatic heterocycles. The molecule has 0 saturated heterocycles. The lowest BCUT2D eigenvalue weighted by atomic mass is 9.92. The summed E-state index contributed by atoms with van der Waals surface area (Å²) in [6.45, 7) is 0. The van der Waals surface area contributed by atoms with Crippen LogP contribution in [-0.4, -0.2) is 4.40 Å². The molecule has 3 nitrogen and oxygen atoms in total. The van der Waals surface area contributed by atoms with Crippen molar-refractivity contribution >= 4 is 109 Å². The first-order valence-corrected chi connectivity index (χ1v) is 23.7. The number of hydrogen-bond acceptors (Lipinski definition) is 2. The minimum atomic E-state index is 0.903. The predicted molar refractivity (Wildman–Crippen MR) is 292 cm³/mol. The first-order valence-electron chi connectivity index (χ1n) is 23.7. The summed E-state index contributed by atoms with van der Waals surface area (Å²) in [5.41, 5.74) is 15.8. The van der Waals surface area contributed by atoms with E-state index in [-0.39, 0.29) is 0 Å². The second-order valence-corrected chi connectivity index (χ2v) is 18.4. The Balaban J connectivity index is 0.848. The number of hydrogen-bond donors (Lipinski definition) is 0. The van der Waals surface area contributed by atoms with Gasteiger partial charge in [-0.15, -0.1) is 0 Å². The van der Waals surface area contributed by atoms with Crippen LogP contribution in [0.2, 0.25) is 0 Å². The fourth-order valence-corrected chi connectivity index (χ4v) is 11.5. The fraction of sp³-hybridized carbons (Fsp3) is 0. The van der Waals surface area contributed by atoms with Crippen LogP contribution >= 0.6 is 0 Å². The Bertz CT molecular complexity index is 4400. The summed E-state index contributed by atoms with van der Waals surface area (Å²) in [5.74, 6) is 0. The lowest BCUT2D eigenvalue weighted by Crippen LogP contribution is -2.09. The number of para-hydroxylation sites is 4. The number of furan rings is 1. The van der Waals surface area contributed by atoms with Gasteiger partial charge in [-0.1, -0.05) is 170 Å². The molecule has 0 aliphatic heterocycles. The molecule has 320 valence electrons. The van der Waals surface area contributed by atoms with Crippen LogP contribution in [0.15, 0.2) is 247 Å². The maximum Gasteiger partial charge on any atom is 0.143 e. The highest BCUT2D eigenvalue weighted by Crippen LogP contribution is 2.44. The molecular formula is C66H40N2O.